The molecule has 6 N–H and O–H groups in total. The van der Waals surface area contributed by atoms with Crippen molar-refractivity contribution in [2.75, 3.05) is 11.9 Å². The number of hydrogen-bond acceptors (Lipinski definition) is 4. The topological polar surface area (TPSA) is 149 Å². The highest BCUT2D eigenvalue weighted by molar-refractivity contribution is 6.10. The lowest BCUT2D eigenvalue weighted by Gasteiger charge is -2.42. The van der Waals surface area contributed by atoms with Crippen LogP contribution < -0.4 is 16.4 Å². The number of nitrogens with zero attached hydrogens (tertiary/aromatic N) is 1. The highest BCUT2D eigenvalue weighted by atomic mass is 16.4. The number of β-lactam (4-membered cyclic amide) rings is 1. The summed E-state index contributed by atoms with van der Waals surface area (Å²) >= 11 is 0. The number of anilines is 1. The molecule has 2 unspecified atom stereocenters. The lowest BCUT2D eigenvalue weighted by atomic mass is 9.84. The van der Waals surface area contributed by atoms with Crippen LogP contribution in [0.4, 0.5) is 10.5 Å². The average molecular weight is 333 g/mol. The van der Waals surface area contributed by atoms with Gasteiger partial charge in [0.15, 0.2) is 12.0 Å². The van der Waals surface area contributed by atoms with Crippen LogP contribution in [0, 0.1) is 11.3 Å². The van der Waals surface area contributed by atoms with Gasteiger partial charge in [0.2, 0.25) is 5.91 Å². The van der Waals surface area contributed by atoms with E-state index in [-0.39, 0.29) is 5.96 Å². The number of carbonyl (C=O) groups excluding carboxylic acids is 2. The largest absolute Gasteiger partial charge is 0.480 e. The van der Waals surface area contributed by atoms with Crippen molar-refractivity contribution in [1.82, 2.24) is 10.2 Å². The Morgan fingerprint density at radius 1 is 1.29 bits per heavy atom. The van der Waals surface area contributed by atoms with Crippen molar-refractivity contribution in [2.24, 2.45) is 11.7 Å². The Morgan fingerprint density at radius 2 is 1.96 bits per heavy atom. The van der Waals surface area contributed by atoms with E-state index in [1.54, 1.807) is 30.3 Å². The molecule has 2 rings (SSSR count). The van der Waals surface area contributed by atoms with Gasteiger partial charge in [-0.3, -0.25) is 10.2 Å². The summed E-state index contributed by atoms with van der Waals surface area (Å²) in [5.74, 6) is -2.67. The third-order valence-corrected chi connectivity index (χ3v) is 3.72. The summed E-state index contributed by atoms with van der Waals surface area (Å²) in [6.45, 7) is 0.363. The third kappa shape index (κ3) is 3.80. The third-order valence-electron chi connectivity index (χ3n) is 3.72. The predicted octanol–water partition coefficient (Wildman–Crippen LogP) is 0.393. The first-order valence-corrected chi connectivity index (χ1v) is 7.41. The molecule has 2 atom stereocenters. The second kappa shape index (κ2) is 7.44. The maximum atomic E-state index is 12.2. The first-order valence-electron chi connectivity index (χ1n) is 7.41. The van der Waals surface area contributed by atoms with Crippen LogP contribution in [0.3, 0.4) is 0 Å². The van der Waals surface area contributed by atoms with Crippen molar-refractivity contribution in [3.63, 3.8) is 0 Å². The van der Waals surface area contributed by atoms with Gasteiger partial charge in [-0.1, -0.05) is 18.2 Å². The fraction of sp³-hybridized carbons (Fsp3) is 0.333. The van der Waals surface area contributed by atoms with Crippen LogP contribution in [0.25, 0.3) is 0 Å². The first kappa shape index (κ1) is 17.3. The van der Waals surface area contributed by atoms with Gasteiger partial charge in [0.1, 0.15) is 0 Å². The van der Waals surface area contributed by atoms with E-state index in [9.17, 15) is 19.5 Å². The molecule has 9 nitrogen and oxygen atoms in total. The number of amides is 3. The number of rotatable bonds is 6. The molecule has 0 aliphatic carbocycles. The van der Waals surface area contributed by atoms with Crippen molar-refractivity contribution in [3.05, 3.63) is 30.3 Å². The summed E-state index contributed by atoms with van der Waals surface area (Å²) in [5, 5.41) is 21.4. The Hall–Kier alpha value is -3.10. The number of nitrogens with one attached hydrogen (secondary N) is 3. The molecule has 1 saturated heterocycles. The number of carboxylic acids is 1. The van der Waals surface area contributed by atoms with E-state index >= 15 is 0 Å². The number of para-hydroxylation sites is 1. The highest BCUT2D eigenvalue weighted by Gasteiger charge is 2.54. The number of guanidine groups is 1. The van der Waals surface area contributed by atoms with Crippen molar-refractivity contribution in [1.29, 1.82) is 5.41 Å². The molecule has 1 fully saturated rings. The van der Waals surface area contributed by atoms with Gasteiger partial charge in [-0.25, -0.2) is 14.5 Å². The summed E-state index contributed by atoms with van der Waals surface area (Å²) in [6.07, 6.45) is 0.763. The number of carbonyl (C=O) groups is 3. The van der Waals surface area contributed by atoms with E-state index < -0.39 is 29.9 Å². The van der Waals surface area contributed by atoms with E-state index in [0.717, 1.165) is 4.90 Å². The highest BCUT2D eigenvalue weighted by Crippen LogP contribution is 2.31. The smallest absolute Gasteiger partial charge is 0.329 e. The van der Waals surface area contributed by atoms with Crippen LogP contribution in [0.2, 0.25) is 0 Å². The standard InChI is InChI=1S/C15H19N5O4/c16-14(17)18-8-4-7-10-11(13(22)23)20(12(10)21)15(24)19-9-5-2-1-3-6-9/h1-3,5-6,10-11H,4,7-8H2,(H,19,24)(H,22,23)(H4,16,17,18). The van der Waals surface area contributed by atoms with Crippen LogP contribution in [-0.4, -0.2) is 46.5 Å². The number of benzene rings is 1. The van der Waals surface area contributed by atoms with Gasteiger partial charge in [-0.15, -0.1) is 0 Å². The molecule has 1 heterocycles. The van der Waals surface area contributed by atoms with Gasteiger partial charge < -0.3 is 21.5 Å². The fourth-order valence-corrected chi connectivity index (χ4v) is 2.59. The van der Waals surface area contributed by atoms with Crippen LogP contribution in [0.1, 0.15) is 12.8 Å². The summed E-state index contributed by atoms with van der Waals surface area (Å²) in [6, 6.07) is 6.55. The van der Waals surface area contributed by atoms with Gasteiger partial charge in [-0.2, -0.15) is 0 Å². The van der Waals surface area contributed by atoms with Crippen LogP contribution in [-0.2, 0) is 9.59 Å². The van der Waals surface area contributed by atoms with Crippen molar-refractivity contribution >= 4 is 29.6 Å². The Kier molecular flexibility index (Phi) is 5.35. The molecule has 128 valence electrons. The number of hydrogen-bond donors (Lipinski definition) is 5. The van der Waals surface area contributed by atoms with Crippen molar-refractivity contribution < 1.29 is 19.5 Å². The normalized spacial score (nSPS) is 19.3. The second-order valence-electron chi connectivity index (χ2n) is 5.38. The zero-order valence-electron chi connectivity index (χ0n) is 12.9. The van der Waals surface area contributed by atoms with Gasteiger partial charge in [0, 0.05) is 12.2 Å². The quantitative estimate of drug-likeness (QED) is 0.220. The van der Waals surface area contributed by atoms with E-state index in [1.165, 1.54) is 0 Å². The number of imide groups is 1. The number of likely N-dealkylation sites (tertiary alicyclic amines) is 1. The lowest BCUT2D eigenvalue weighted by molar-refractivity contribution is -0.165. The minimum atomic E-state index is -1.22. The Morgan fingerprint density at radius 3 is 2.54 bits per heavy atom. The maximum absolute atomic E-state index is 12.2. The summed E-state index contributed by atoms with van der Waals surface area (Å²) in [4.78, 5) is 36.4. The fourth-order valence-electron chi connectivity index (χ4n) is 2.59. The summed E-state index contributed by atoms with van der Waals surface area (Å²) in [5.41, 5.74) is 5.62. The Balaban J connectivity index is 1.95. The predicted molar refractivity (Wildman–Crippen MR) is 86.4 cm³/mol. The van der Waals surface area contributed by atoms with Crippen LogP contribution in [0.15, 0.2) is 30.3 Å². The van der Waals surface area contributed by atoms with Crippen molar-refractivity contribution in [3.8, 4) is 0 Å². The SMILES string of the molecule is N=C(N)NCCCC1C(=O)N(C(=O)Nc2ccccc2)C1C(=O)O. The molecular weight excluding hydrogens is 314 g/mol. The molecule has 0 bridgehead atoms. The van der Waals surface area contributed by atoms with Gasteiger partial charge in [-0.05, 0) is 25.0 Å². The molecule has 1 aromatic rings. The molecule has 9 heteroatoms. The van der Waals surface area contributed by atoms with E-state index in [2.05, 4.69) is 10.6 Å². The number of carboxylic acid groups (broad SMARTS) is 1. The number of nitrogens with two attached hydrogens (primary N) is 1. The van der Waals surface area contributed by atoms with E-state index in [4.69, 9.17) is 11.1 Å². The summed E-state index contributed by atoms with van der Waals surface area (Å²) in [7, 11) is 0. The van der Waals surface area contributed by atoms with Crippen molar-refractivity contribution in [2.45, 2.75) is 18.9 Å². The molecule has 1 aliphatic rings. The number of aliphatic carboxylic acids is 1. The molecule has 0 radical (unpaired) electrons. The Bertz CT molecular complexity index is 649. The van der Waals surface area contributed by atoms with E-state index in [0.29, 0.717) is 25.1 Å². The molecule has 1 aliphatic heterocycles. The minimum absolute atomic E-state index is 0.186. The van der Waals surface area contributed by atoms with E-state index in [1.807, 2.05) is 0 Å². The second-order valence-corrected chi connectivity index (χ2v) is 5.38. The molecule has 0 spiro atoms. The summed E-state index contributed by atoms with van der Waals surface area (Å²) < 4.78 is 0. The molecule has 24 heavy (non-hydrogen) atoms. The van der Waals surface area contributed by atoms with Crippen LogP contribution in [0.5, 0.6) is 0 Å². The monoisotopic (exact) mass is 333 g/mol. The molecule has 0 aromatic heterocycles. The average Bonchev–Trinajstić information content (AvgIpc) is 2.52. The first-order chi connectivity index (χ1) is 11.4. The molecule has 0 saturated carbocycles. The minimum Gasteiger partial charge on any atom is -0.480 e. The zero-order valence-corrected chi connectivity index (χ0v) is 12.9. The molecular formula is C15H19N5O4. The van der Waals surface area contributed by atoms with Crippen LogP contribution >= 0.6 is 0 Å². The Labute approximate surface area is 138 Å². The molecule has 3 amide bonds. The van der Waals surface area contributed by atoms with Gasteiger partial charge in [0.25, 0.3) is 0 Å². The zero-order chi connectivity index (χ0) is 17.7. The maximum Gasteiger partial charge on any atom is 0.329 e. The van der Waals surface area contributed by atoms with Gasteiger partial charge in [0.05, 0.1) is 5.92 Å². The molecule has 1 aromatic carbocycles. The lowest BCUT2D eigenvalue weighted by Crippen LogP contribution is -2.67. The van der Waals surface area contributed by atoms with Gasteiger partial charge >= 0.3 is 12.0 Å². The number of urea groups is 1.